The fourth-order valence-corrected chi connectivity index (χ4v) is 8.74. The first-order chi connectivity index (χ1) is 17.5. The zero-order valence-corrected chi connectivity index (χ0v) is 24.1. The van der Waals surface area contributed by atoms with Crippen molar-refractivity contribution in [2.75, 3.05) is 7.11 Å². The van der Waals surface area contributed by atoms with Crippen molar-refractivity contribution in [1.82, 2.24) is 0 Å². The van der Waals surface area contributed by atoms with E-state index < -0.39 is 45.8 Å². The molecule has 0 amide bonds. The molecule has 0 saturated heterocycles. The molecular formula is C31H44O7. The van der Waals surface area contributed by atoms with Crippen molar-refractivity contribution in [2.45, 2.75) is 99.2 Å². The molecule has 210 valence electrons. The van der Waals surface area contributed by atoms with Crippen LogP contribution in [0.3, 0.4) is 0 Å². The van der Waals surface area contributed by atoms with Crippen LogP contribution < -0.4 is 0 Å². The number of fused-ring (bicyclic) bond motifs is 4. The Balaban J connectivity index is 1.72. The molecule has 0 aromatic carbocycles. The number of allylic oxidation sites excluding steroid dienone is 3. The Morgan fingerprint density at radius 1 is 1.08 bits per heavy atom. The van der Waals surface area contributed by atoms with E-state index in [4.69, 9.17) is 4.74 Å². The molecule has 38 heavy (non-hydrogen) atoms. The minimum atomic E-state index is -1.09. The van der Waals surface area contributed by atoms with Crippen LogP contribution >= 0.6 is 0 Å². The molecule has 4 rings (SSSR count). The van der Waals surface area contributed by atoms with Crippen molar-refractivity contribution in [3.63, 3.8) is 0 Å². The Kier molecular flexibility index (Phi) is 7.01. The van der Waals surface area contributed by atoms with Gasteiger partial charge in [-0.25, -0.2) is 0 Å². The highest BCUT2D eigenvalue weighted by Crippen LogP contribution is 2.69. The second-order valence-corrected chi connectivity index (χ2v) is 13.7. The van der Waals surface area contributed by atoms with Crippen molar-refractivity contribution >= 4 is 23.3 Å². The molecule has 7 heteroatoms. The Morgan fingerprint density at radius 3 is 2.32 bits per heavy atom. The molecule has 0 bridgehead atoms. The highest BCUT2D eigenvalue weighted by atomic mass is 16.5. The number of rotatable bonds is 6. The summed E-state index contributed by atoms with van der Waals surface area (Å²) in [6, 6.07) is 0. The van der Waals surface area contributed by atoms with Crippen LogP contribution in [0.15, 0.2) is 22.8 Å². The number of aliphatic hydroxyl groups excluding tert-OH is 2. The van der Waals surface area contributed by atoms with Crippen LogP contribution in [0.1, 0.15) is 87.0 Å². The van der Waals surface area contributed by atoms with Crippen LogP contribution in [0.5, 0.6) is 0 Å². The maximum atomic E-state index is 14.1. The predicted octanol–water partition coefficient (Wildman–Crippen LogP) is 4.14. The van der Waals surface area contributed by atoms with E-state index in [9.17, 15) is 29.4 Å². The van der Waals surface area contributed by atoms with Crippen LogP contribution in [-0.2, 0) is 23.9 Å². The van der Waals surface area contributed by atoms with Gasteiger partial charge in [0.2, 0.25) is 0 Å². The van der Waals surface area contributed by atoms with Gasteiger partial charge in [-0.15, -0.1) is 0 Å². The quantitative estimate of drug-likeness (QED) is 0.498. The van der Waals surface area contributed by atoms with E-state index >= 15 is 0 Å². The van der Waals surface area contributed by atoms with Gasteiger partial charge in [0, 0.05) is 30.3 Å². The van der Waals surface area contributed by atoms with Crippen LogP contribution in [0.25, 0.3) is 0 Å². The molecule has 0 aromatic heterocycles. The van der Waals surface area contributed by atoms with Gasteiger partial charge < -0.3 is 14.9 Å². The first-order valence-corrected chi connectivity index (χ1v) is 14.0. The number of Topliss-reactive ketones (excluding diaryl/α,β-unsaturated/α-hetero) is 2. The Morgan fingerprint density at radius 2 is 1.71 bits per heavy atom. The van der Waals surface area contributed by atoms with Gasteiger partial charge in [-0.05, 0) is 60.5 Å². The summed E-state index contributed by atoms with van der Waals surface area (Å²) in [4.78, 5) is 52.6. The van der Waals surface area contributed by atoms with Gasteiger partial charge in [-0.2, -0.15) is 0 Å². The van der Waals surface area contributed by atoms with Gasteiger partial charge in [-0.1, -0.05) is 47.1 Å². The number of hydrogen-bond donors (Lipinski definition) is 2. The summed E-state index contributed by atoms with van der Waals surface area (Å²) >= 11 is 0. The molecule has 0 heterocycles. The van der Waals surface area contributed by atoms with E-state index in [0.717, 1.165) is 5.57 Å². The summed E-state index contributed by atoms with van der Waals surface area (Å²) in [6.07, 6.45) is 2.06. The maximum absolute atomic E-state index is 14.1. The molecule has 7 nitrogen and oxygen atoms in total. The van der Waals surface area contributed by atoms with Gasteiger partial charge >= 0.3 is 5.97 Å². The van der Waals surface area contributed by atoms with Crippen molar-refractivity contribution in [3.05, 3.63) is 22.8 Å². The van der Waals surface area contributed by atoms with Gasteiger partial charge in [0.15, 0.2) is 11.6 Å². The third kappa shape index (κ3) is 3.82. The molecule has 2 unspecified atom stereocenters. The third-order valence-corrected chi connectivity index (χ3v) is 11.1. The second-order valence-electron chi connectivity index (χ2n) is 13.7. The summed E-state index contributed by atoms with van der Waals surface area (Å²) in [7, 11) is 1.30. The van der Waals surface area contributed by atoms with Crippen LogP contribution in [0.2, 0.25) is 0 Å². The van der Waals surface area contributed by atoms with Crippen LogP contribution in [0.4, 0.5) is 0 Å². The molecule has 4 aliphatic rings. The topological polar surface area (TPSA) is 118 Å². The van der Waals surface area contributed by atoms with Crippen LogP contribution in [0, 0.1) is 39.4 Å². The molecule has 0 spiro atoms. The highest BCUT2D eigenvalue weighted by molar-refractivity contribution is 6.09. The minimum Gasteiger partial charge on any atom is -0.469 e. The van der Waals surface area contributed by atoms with E-state index in [-0.39, 0.29) is 48.4 Å². The first kappa shape index (κ1) is 28.9. The molecule has 8 atom stereocenters. The third-order valence-electron chi connectivity index (χ3n) is 11.1. The van der Waals surface area contributed by atoms with E-state index in [0.29, 0.717) is 30.4 Å². The molecule has 1 saturated carbocycles. The standard InChI is InChI=1S/C31H44O7/c1-16(11-18(32)12-17(2)27(37)38-8)19-13-24(36)31(7)26-20(33)14-22-28(3,4)23(35)9-10-29(22,5)25(26)21(34)15-30(19,31)6/h13,16-17,20,22-23,33,35H,9-12,14-15H2,1-8H3/t16-,17?,20+,22?,23+,29+,30-,31+/m1/s1. The van der Waals surface area contributed by atoms with Gasteiger partial charge in [-0.3, -0.25) is 19.2 Å². The summed E-state index contributed by atoms with van der Waals surface area (Å²) in [6.45, 7) is 13.4. The zero-order valence-electron chi connectivity index (χ0n) is 24.1. The Bertz CT molecular complexity index is 1140. The van der Waals surface area contributed by atoms with Gasteiger partial charge in [0.1, 0.15) is 5.78 Å². The number of hydrogen-bond acceptors (Lipinski definition) is 7. The van der Waals surface area contributed by atoms with E-state index in [1.807, 2.05) is 34.6 Å². The number of ether oxygens (including phenoxy) is 1. The SMILES string of the molecule is COC(=O)C(C)CC(=O)C[C@@H](C)C1=CC(=O)[C@@]2(C)C3=C(C(=O)C[C@]12C)[C@@]1(C)CC[C@H](O)C(C)(C)C1C[C@@H]3O. The number of aliphatic hydroxyl groups is 2. The summed E-state index contributed by atoms with van der Waals surface area (Å²) in [5.41, 5.74) is -1.04. The number of carbonyl (C=O) groups excluding carboxylic acids is 4. The second kappa shape index (κ2) is 9.22. The fraction of sp³-hybridized carbons (Fsp3) is 0.742. The summed E-state index contributed by atoms with van der Waals surface area (Å²) < 4.78 is 4.74. The Labute approximate surface area is 226 Å². The lowest BCUT2D eigenvalue weighted by Gasteiger charge is -2.61. The zero-order chi connectivity index (χ0) is 28.6. The smallest absolute Gasteiger partial charge is 0.308 e. The highest BCUT2D eigenvalue weighted by Gasteiger charge is 2.68. The monoisotopic (exact) mass is 528 g/mol. The normalized spacial score (nSPS) is 39.5. The lowest BCUT2D eigenvalue weighted by molar-refractivity contribution is -0.146. The van der Waals surface area contributed by atoms with E-state index in [2.05, 4.69) is 6.92 Å². The molecular weight excluding hydrogens is 484 g/mol. The van der Waals surface area contributed by atoms with Gasteiger partial charge in [0.05, 0.1) is 30.7 Å². The van der Waals surface area contributed by atoms with Crippen molar-refractivity contribution in [3.8, 4) is 0 Å². The molecule has 4 aliphatic carbocycles. The number of methoxy groups -OCH3 is 1. The minimum absolute atomic E-state index is 0.0446. The summed E-state index contributed by atoms with van der Waals surface area (Å²) in [5, 5.41) is 22.4. The van der Waals surface area contributed by atoms with E-state index in [1.54, 1.807) is 13.0 Å². The largest absolute Gasteiger partial charge is 0.469 e. The van der Waals surface area contributed by atoms with E-state index in [1.165, 1.54) is 7.11 Å². The average Bonchev–Trinajstić information content (AvgIpc) is 3.03. The molecule has 0 aromatic rings. The maximum Gasteiger partial charge on any atom is 0.308 e. The fourth-order valence-electron chi connectivity index (χ4n) is 8.74. The number of ketones is 3. The molecule has 2 N–H and O–H groups in total. The van der Waals surface area contributed by atoms with Crippen molar-refractivity contribution < 1.29 is 34.1 Å². The lowest BCUT2D eigenvalue weighted by Crippen LogP contribution is -2.60. The summed E-state index contributed by atoms with van der Waals surface area (Å²) in [5.74, 6) is -1.65. The number of carbonyl (C=O) groups is 4. The first-order valence-electron chi connectivity index (χ1n) is 14.0. The van der Waals surface area contributed by atoms with Gasteiger partial charge in [0.25, 0.3) is 0 Å². The predicted molar refractivity (Wildman–Crippen MR) is 142 cm³/mol. The molecule has 1 fully saturated rings. The molecule has 0 aliphatic heterocycles. The van der Waals surface area contributed by atoms with Crippen LogP contribution in [-0.4, -0.2) is 52.8 Å². The lowest BCUT2D eigenvalue weighted by atomic mass is 9.42. The molecule has 0 radical (unpaired) electrons. The van der Waals surface area contributed by atoms with Crippen molar-refractivity contribution in [2.24, 2.45) is 39.4 Å². The number of esters is 1. The average molecular weight is 529 g/mol. The Hall–Kier alpha value is -2.12. The van der Waals surface area contributed by atoms with Crippen molar-refractivity contribution in [1.29, 1.82) is 0 Å².